The molecule has 6 nitrogen and oxygen atoms in total. The average molecular weight is 233 g/mol. The Bertz CT molecular complexity index is 536. The van der Waals surface area contributed by atoms with Crippen molar-refractivity contribution in [1.82, 2.24) is 15.0 Å². The highest BCUT2D eigenvalue weighted by atomic mass is 16.4. The van der Waals surface area contributed by atoms with Crippen molar-refractivity contribution in [2.75, 3.05) is 0 Å². The van der Waals surface area contributed by atoms with Crippen molar-refractivity contribution in [2.24, 2.45) is 0 Å². The number of aromatic nitrogens is 3. The van der Waals surface area contributed by atoms with E-state index in [0.717, 1.165) is 5.69 Å². The van der Waals surface area contributed by atoms with Crippen LogP contribution in [0.4, 0.5) is 0 Å². The predicted molar refractivity (Wildman–Crippen MR) is 58.2 cm³/mol. The lowest BCUT2D eigenvalue weighted by Crippen LogP contribution is -1.97. The third-order valence-corrected chi connectivity index (χ3v) is 2.22. The lowest BCUT2D eigenvalue weighted by atomic mass is 10.3. The Morgan fingerprint density at radius 3 is 2.82 bits per heavy atom. The molecular formula is C11H11N3O3. The number of rotatable bonds is 4. The normalized spacial score (nSPS) is 10.4. The van der Waals surface area contributed by atoms with E-state index in [1.54, 1.807) is 12.4 Å². The van der Waals surface area contributed by atoms with Gasteiger partial charge in [0.25, 0.3) is 0 Å². The number of carbonyl (C=O) groups is 1. The van der Waals surface area contributed by atoms with E-state index in [1.165, 1.54) is 6.20 Å². The molecule has 0 saturated heterocycles. The van der Waals surface area contributed by atoms with Crippen LogP contribution in [0.25, 0.3) is 11.5 Å². The van der Waals surface area contributed by atoms with E-state index >= 15 is 0 Å². The maximum Gasteiger partial charge on any atom is 0.303 e. The molecule has 0 atom stereocenters. The van der Waals surface area contributed by atoms with Gasteiger partial charge in [-0.2, -0.15) is 0 Å². The molecule has 0 aromatic carbocycles. The van der Waals surface area contributed by atoms with Crippen LogP contribution in [0.3, 0.4) is 0 Å². The molecule has 2 rings (SSSR count). The highest BCUT2D eigenvalue weighted by Crippen LogP contribution is 2.20. The first-order chi connectivity index (χ1) is 8.16. The molecule has 0 saturated carbocycles. The number of nitrogens with zero attached hydrogens (tertiary/aromatic N) is 3. The Balaban J connectivity index is 2.18. The van der Waals surface area contributed by atoms with Crippen molar-refractivity contribution in [3.05, 3.63) is 30.2 Å². The molecule has 0 fully saturated rings. The van der Waals surface area contributed by atoms with Crippen LogP contribution >= 0.6 is 0 Å². The van der Waals surface area contributed by atoms with Gasteiger partial charge in [0.05, 0.1) is 18.3 Å². The SMILES string of the molecule is Cc1nccnc1-c1cnc(CCC(=O)O)o1. The first kappa shape index (κ1) is 11.3. The number of oxazole rings is 1. The monoisotopic (exact) mass is 233 g/mol. The zero-order valence-corrected chi connectivity index (χ0v) is 9.25. The molecule has 0 amide bonds. The summed E-state index contributed by atoms with van der Waals surface area (Å²) >= 11 is 0. The summed E-state index contributed by atoms with van der Waals surface area (Å²) < 4.78 is 5.42. The van der Waals surface area contributed by atoms with Gasteiger partial charge in [0, 0.05) is 18.8 Å². The van der Waals surface area contributed by atoms with E-state index in [1.807, 2.05) is 6.92 Å². The van der Waals surface area contributed by atoms with Gasteiger partial charge < -0.3 is 9.52 Å². The van der Waals surface area contributed by atoms with Crippen molar-refractivity contribution in [3.8, 4) is 11.5 Å². The van der Waals surface area contributed by atoms with E-state index in [4.69, 9.17) is 9.52 Å². The summed E-state index contributed by atoms with van der Waals surface area (Å²) in [7, 11) is 0. The van der Waals surface area contributed by atoms with E-state index < -0.39 is 5.97 Å². The van der Waals surface area contributed by atoms with Crippen LogP contribution in [-0.2, 0) is 11.2 Å². The smallest absolute Gasteiger partial charge is 0.303 e. The fourth-order valence-electron chi connectivity index (χ4n) is 1.40. The van der Waals surface area contributed by atoms with E-state index in [0.29, 0.717) is 17.3 Å². The largest absolute Gasteiger partial charge is 0.481 e. The van der Waals surface area contributed by atoms with Gasteiger partial charge in [-0.15, -0.1) is 0 Å². The van der Waals surface area contributed by atoms with Crippen LogP contribution in [0, 0.1) is 6.92 Å². The highest BCUT2D eigenvalue weighted by molar-refractivity contribution is 5.66. The van der Waals surface area contributed by atoms with Crippen LogP contribution in [-0.4, -0.2) is 26.0 Å². The van der Waals surface area contributed by atoms with Crippen LogP contribution in [0.15, 0.2) is 23.0 Å². The number of hydrogen-bond donors (Lipinski definition) is 1. The molecule has 2 heterocycles. The molecule has 0 bridgehead atoms. The Kier molecular flexibility index (Phi) is 3.13. The van der Waals surface area contributed by atoms with E-state index in [9.17, 15) is 4.79 Å². The van der Waals surface area contributed by atoms with Crippen molar-refractivity contribution in [1.29, 1.82) is 0 Å². The summed E-state index contributed by atoms with van der Waals surface area (Å²) in [5.41, 5.74) is 1.37. The van der Waals surface area contributed by atoms with Gasteiger partial charge >= 0.3 is 5.97 Å². The molecule has 0 aliphatic rings. The van der Waals surface area contributed by atoms with Crippen LogP contribution in [0.1, 0.15) is 18.0 Å². The summed E-state index contributed by atoms with van der Waals surface area (Å²) in [6.45, 7) is 1.82. The van der Waals surface area contributed by atoms with Crippen LogP contribution in [0.2, 0.25) is 0 Å². The molecule has 0 aliphatic carbocycles. The van der Waals surface area contributed by atoms with Crippen molar-refractivity contribution < 1.29 is 14.3 Å². The third-order valence-electron chi connectivity index (χ3n) is 2.22. The van der Waals surface area contributed by atoms with Crippen LogP contribution < -0.4 is 0 Å². The number of carboxylic acids is 1. The fourth-order valence-corrected chi connectivity index (χ4v) is 1.40. The fraction of sp³-hybridized carbons (Fsp3) is 0.273. The summed E-state index contributed by atoms with van der Waals surface area (Å²) in [5.74, 6) is 0.0314. The summed E-state index contributed by atoms with van der Waals surface area (Å²) in [5, 5.41) is 8.55. The number of aryl methyl sites for hydroxylation is 2. The van der Waals surface area contributed by atoms with Gasteiger partial charge in [-0.1, -0.05) is 0 Å². The Morgan fingerprint density at radius 1 is 1.35 bits per heavy atom. The molecule has 0 unspecified atom stereocenters. The molecule has 6 heteroatoms. The summed E-state index contributed by atoms with van der Waals surface area (Å²) in [6.07, 6.45) is 4.98. The predicted octanol–water partition coefficient (Wildman–Crippen LogP) is 1.46. The first-order valence-electron chi connectivity index (χ1n) is 5.11. The molecule has 2 aromatic heterocycles. The number of aliphatic carboxylic acids is 1. The lowest BCUT2D eigenvalue weighted by molar-refractivity contribution is -0.137. The van der Waals surface area contributed by atoms with Crippen molar-refractivity contribution in [3.63, 3.8) is 0 Å². The Labute approximate surface area is 97.4 Å². The number of hydrogen-bond acceptors (Lipinski definition) is 5. The first-order valence-corrected chi connectivity index (χ1v) is 5.11. The second kappa shape index (κ2) is 4.73. The third kappa shape index (κ3) is 2.66. The van der Waals surface area contributed by atoms with Crippen molar-refractivity contribution in [2.45, 2.75) is 19.8 Å². The molecule has 0 spiro atoms. The highest BCUT2D eigenvalue weighted by Gasteiger charge is 2.11. The summed E-state index contributed by atoms with van der Waals surface area (Å²) in [4.78, 5) is 22.7. The molecule has 0 aliphatic heterocycles. The van der Waals surface area contributed by atoms with Gasteiger partial charge in [0.2, 0.25) is 0 Å². The topological polar surface area (TPSA) is 89.1 Å². The molecule has 88 valence electrons. The van der Waals surface area contributed by atoms with E-state index in [2.05, 4.69) is 15.0 Å². The minimum absolute atomic E-state index is 0.000592. The second-order valence-corrected chi connectivity index (χ2v) is 3.50. The molecule has 0 radical (unpaired) electrons. The zero-order chi connectivity index (χ0) is 12.3. The quantitative estimate of drug-likeness (QED) is 0.859. The maximum atomic E-state index is 10.4. The average Bonchev–Trinajstić information content (AvgIpc) is 2.75. The van der Waals surface area contributed by atoms with Gasteiger partial charge in [0.1, 0.15) is 5.69 Å². The summed E-state index contributed by atoms with van der Waals surface area (Å²) in [6, 6.07) is 0. The maximum absolute atomic E-state index is 10.4. The minimum Gasteiger partial charge on any atom is -0.481 e. The molecule has 1 N–H and O–H groups in total. The van der Waals surface area contributed by atoms with E-state index in [-0.39, 0.29) is 12.8 Å². The van der Waals surface area contributed by atoms with Gasteiger partial charge in [-0.05, 0) is 6.92 Å². The number of carboxylic acid groups (broad SMARTS) is 1. The Hall–Kier alpha value is -2.24. The Morgan fingerprint density at radius 2 is 2.12 bits per heavy atom. The molecule has 17 heavy (non-hydrogen) atoms. The van der Waals surface area contributed by atoms with Crippen molar-refractivity contribution >= 4 is 5.97 Å². The standard InChI is InChI=1S/C11H11N3O3/c1-7-11(13-5-4-12-7)8-6-14-9(17-8)2-3-10(15)16/h4-6H,2-3H2,1H3,(H,15,16). The van der Waals surface area contributed by atoms with Crippen LogP contribution in [0.5, 0.6) is 0 Å². The second-order valence-electron chi connectivity index (χ2n) is 3.50. The minimum atomic E-state index is -0.875. The van der Waals surface area contributed by atoms with Gasteiger partial charge in [-0.25, -0.2) is 9.97 Å². The lowest BCUT2D eigenvalue weighted by Gasteiger charge is -1.98. The van der Waals surface area contributed by atoms with Gasteiger partial charge in [-0.3, -0.25) is 9.78 Å². The van der Waals surface area contributed by atoms with Gasteiger partial charge in [0.15, 0.2) is 11.7 Å². The molecule has 2 aromatic rings. The molecular weight excluding hydrogens is 222 g/mol. The zero-order valence-electron chi connectivity index (χ0n) is 9.25.